The van der Waals surface area contributed by atoms with E-state index in [1.54, 1.807) is 0 Å². The maximum absolute atomic E-state index is 8.93. The molecule has 1 rings (SSSR count). The van der Waals surface area contributed by atoms with Crippen LogP contribution >= 0.6 is 0 Å². The first-order chi connectivity index (χ1) is 7.03. The normalized spacial score (nSPS) is 28.0. The summed E-state index contributed by atoms with van der Waals surface area (Å²) >= 11 is 0. The van der Waals surface area contributed by atoms with Gasteiger partial charge in [0, 0.05) is 25.2 Å². The number of hydrogen-bond donors (Lipinski definition) is 3. The molecule has 4 N–H and O–H groups in total. The van der Waals surface area contributed by atoms with Crippen molar-refractivity contribution in [1.82, 2.24) is 5.32 Å². The summed E-state index contributed by atoms with van der Waals surface area (Å²) in [7, 11) is 0. The summed E-state index contributed by atoms with van der Waals surface area (Å²) in [4.78, 5) is 0. The second-order valence-electron chi connectivity index (χ2n) is 5.64. The van der Waals surface area contributed by atoms with Gasteiger partial charge in [-0.2, -0.15) is 0 Å². The lowest BCUT2D eigenvalue weighted by molar-refractivity contribution is 0.196. The minimum Gasteiger partial charge on any atom is -0.396 e. The Labute approximate surface area is 93.4 Å². The monoisotopic (exact) mass is 214 g/mol. The quantitative estimate of drug-likeness (QED) is 0.645. The Morgan fingerprint density at radius 2 is 2.13 bits per heavy atom. The molecule has 3 heteroatoms. The van der Waals surface area contributed by atoms with E-state index in [1.165, 1.54) is 19.3 Å². The molecule has 15 heavy (non-hydrogen) atoms. The molecular weight excluding hydrogens is 188 g/mol. The zero-order chi connectivity index (χ0) is 11.3. The molecule has 2 unspecified atom stereocenters. The molecule has 1 aliphatic carbocycles. The number of hydrogen-bond acceptors (Lipinski definition) is 3. The highest BCUT2D eigenvalue weighted by atomic mass is 16.3. The second-order valence-corrected chi connectivity index (χ2v) is 5.64. The van der Waals surface area contributed by atoms with Gasteiger partial charge >= 0.3 is 0 Å². The van der Waals surface area contributed by atoms with Gasteiger partial charge in [0.2, 0.25) is 0 Å². The van der Waals surface area contributed by atoms with Crippen LogP contribution in [0.15, 0.2) is 0 Å². The number of aliphatic hydroxyl groups is 1. The Kier molecular flexibility index (Phi) is 5.03. The minimum absolute atomic E-state index is 0.191. The van der Waals surface area contributed by atoms with Crippen molar-refractivity contribution in [3.63, 3.8) is 0 Å². The first kappa shape index (κ1) is 12.9. The van der Waals surface area contributed by atoms with Crippen molar-refractivity contribution in [3.05, 3.63) is 0 Å². The summed E-state index contributed by atoms with van der Waals surface area (Å²) in [5, 5.41) is 12.5. The zero-order valence-corrected chi connectivity index (χ0v) is 10.1. The third-order valence-corrected chi connectivity index (χ3v) is 3.37. The molecule has 3 nitrogen and oxygen atoms in total. The van der Waals surface area contributed by atoms with Gasteiger partial charge < -0.3 is 16.2 Å². The Balaban J connectivity index is 2.23. The fraction of sp³-hybridized carbons (Fsp3) is 1.00. The van der Waals surface area contributed by atoms with Gasteiger partial charge in [-0.1, -0.05) is 20.3 Å². The fourth-order valence-corrected chi connectivity index (χ4v) is 2.22. The molecule has 0 radical (unpaired) electrons. The van der Waals surface area contributed by atoms with Crippen LogP contribution in [0.4, 0.5) is 0 Å². The zero-order valence-electron chi connectivity index (χ0n) is 10.1. The van der Waals surface area contributed by atoms with Gasteiger partial charge in [-0.05, 0) is 31.1 Å². The molecule has 90 valence electrons. The summed E-state index contributed by atoms with van der Waals surface area (Å²) in [5.74, 6) is 0. The summed E-state index contributed by atoms with van der Waals surface area (Å²) in [6.45, 7) is 5.64. The van der Waals surface area contributed by atoms with E-state index < -0.39 is 0 Å². The van der Waals surface area contributed by atoms with E-state index in [0.29, 0.717) is 12.1 Å². The molecule has 0 bridgehead atoms. The van der Waals surface area contributed by atoms with Crippen molar-refractivity contribution in [2.24, 2.45) is 11.1 Å². The number of aliphatic hydroxyl groups excluding tert-OH is 1. The highest BCUT2D eigenvalue weighted by molar-refractivity contribution is 4.82. The third kappa shape index (κ3) is 4.96. The molecule has 0 amide bonds. The van der Waals surface area contributed by atoms with E-state index in [-0.39, 0.29) is 12.0 Å². The number of nitrogens with two attached hydrogens (primary N) is 1. The van der Waals surface area contributed by atoms with Crippen LogP contribution in [0.5, 0.6) is 0 Å². The van der Waals surface area contributed by atoms with Crippen molar-refractivity contribution in [1.29, 1.82) is 0 Å². The average molecular weight is 214 g/mol. The summed E-state index contributed by atoms with van der Waals surface area (Å²) in [5.41, 5.74) is 6.13. The molecule has 0 heterocycles. The van der Waals surface area contributed by atoms with E-state index in [0.717, 1.165) is 19.4 Å². The van der Waals surface area contributed by atoms with Gasteiger partial charge in [0.25, 0.3) is 0 Å². The second kappa shape index (κ2) is 5.83. The molecule has 2 atom stereocenters. The Bertz CT molecular complexity index is 182. The first-order valence-corrected chi connectivity index (χ1v) is 6.13. The topological polar surface area (TPSA) is 58.3 Å². The van der Waals surface area contributed by atoms with Crippen molar-refractivity contribution < 1.29 is 5.11 Å². The van der Waals surface area contributed by atoms with Crippen LogP contribution in [0.3, 0.4) is 0 Å². The Hall–Kier alpha value is -0.120. The Morgan fingerprint density at radius 1 is 1.40 bits per heavy atom. The van der Waals surface area contributed by atoms with E-state index >= 15 is 0 Å². The van der Waals surface area contributed by atoms with Crippen molar-refractivity contribution in [2.45, 2.75) is 58.0 Å². The molecule has 0 aromatic rings. The molecular formula is C12H26N2O. The molecule has 0 aromatic carbocycles. The molecule has 1 aliphatic rings. The first-order valence-electron chi connectivity index (χ1n) is 6.13. The molecule has 1 saturated carbocycles. The van der Waals surface area contributed by atoms with Crippen LogP contribution in [0.25, 0.3) is 0 Å². The predicted molar refractivity (Wildman–Crippen MR) is 63.7 cm³/mol. The number of rotatable bonds is 5. The Morgan fingerprint density at radius 3 is 2.73 bits per heavy atom. The van der Waals surface area contributed by atoms with Gasteiger partial charge in [-0.3, -0.25) is 0 Å². The van der Waals surface area contributed by atoms with Gasteiger partial charge in [0.05, 0.1) is 0 Å². The summed E-state index contributed by atoms with van der Waals surface area (Å²) in [6, 6.07) is 0.976. The lowest BCUT2D eigenvalue weighted by atomic mass is 9.87. The van der Waals surface area contributed by atoms with E-state index in [1.807, 2.05) is 0 Å². The van der Waals surface area contributed by atoms with Gasteiger partial charge in [-0.25, -0.2) is 0 Å². The molecule has 0 aliphatic heterocycles. The lowest BCUT2D eigenvalue weighted by Gasteiger charge is -2.31. The van der Waals surface area contributed by atoms with Gasteiger partial charge in [0.15, 0.2) is 0 Å². The highest BCUT2D eigenvalue weighted by Gasteiger charge is 2.22. The number of nitrogens with one attached hydrogen (secondary N) is 1. The third-order valence-electron chi connectivity index (χ3n) is 3.37. The van der Waals surface area contributed by atoms with Crippen LogP contribution in [0, 0.1) is 5.41 Å². The maximum atomic E-state index is 8.93. The minimum atomic E-state index is 0.191. The van der Waals surface area contributed by atoms with Crippen molar-refractivity contribution in [2.75, 3.05) is 13.2 Å². The summed E-state index contributed by atoms with van der Waals surface area (Å²) in [6.07, 6.45) is 5.65. The smallest absolute Gasteiger partial charge is 0.0436 e. The van der Waals surface area contributed by atoms with E-state index in [2.05, 4.69) is 19.2 Å². The van der Waals surface area contributed by atoms with Gasteiger partial charge in [0.1, 0.15) is 0 Å². The van der Waals surface area contributed by atoms with Crippen molar-refractivity contribution in [3.8, 4) is 0 Å². The SMILES string of the molecule is CC(C)(CCO)CNC1CCCC(N)C1. The van der Waals surface area contributed by atoms with Crippen LogP contribution in [0.1, 0.15) is 46.0 Å². The molecule has 0 aromatic heterocycles. The predicted octanol–water partition coefficient (Wildman–Crippen LogP) is 1.25. The van der Waals surface area contributed by atoms with Crippen molar-refractivity contribution >= 4 is 0 Å². The average Bonchev–Trinajstić information content (AvgIpc) is 2.15. The largest absolute Gasteiger partial charge is 0.396 e. The van der Waals surface area contributed by atoms with Crippen LogP contribution in [0.2, 0.25) is 0 Å². The molecule has 0 spiro atoms. The van der Waals surface area contributed by atoms with Gasteiger partial charge in [-0.15, -0.1) is 0 Å². The van der Waals surface area contributed by atoms with Crippen LogP contribution in [-0.2, 0) is 0 Å². The molecule has 0 saturated heterocycles. The van der Waals surface area contributed by atoms with Crippen LogP contribution in [-0.4, -0.2) is 30.3 Å². The molecule has 1 fully saturated rings. The summed E-state index contributed by atoms with van der Waals surface area (Å²) < 4.78 is 0. The van der Waals surface area contributed by atoms with E-state index in [4.69, 9.17) is 10.8 Å². The lowest BCUT2D eigenvalue weighted by Crippen LogP contribution is -2.43. The standard InChI is InChI=1S/C12H26N2O/c1-12(2,6-7-15)9-14-11-5-3-4-10(13)8-11/h10-11,14-15H,3-9,13H2,1-2H3. The fourth-order valence-electron chi connectivity index (χ4n) is 2.22. The highest BCUT2D eigenvalue weighted by Crippen LogP contribution is 2.21. The van der Waals surface area contributed by atoms with Crippen LogP contribution < -0.4 is 11.1 Å². The maximum Gasteiger partial charge on any atom is 0.0436 e. The van der Waals surface area contributed by atoms with E-state index in [9.17, 15) is 0 Å².